The Hall–Kier alpha value is -0.550. The van der Waals surface area contributed by atoms with Crippen LogP contribution in [0.3, 0.4) is 0 Å². The Morgan fingerprint density at radius 2 is 1.71 bits per heavy atom. The first kappa shape index (κ1) is 12.9. The molecule has 2 atom stereocenters. The van der Waals surface area contributed by atoms with Crippen LogP contribution in [0.25, 0.3) is 0 Å². The third kappa shape index (κ3) is 3.01. The van der Waals surface area contributed by atoms with E-state index in [1.54, 1.807) is 0 Å². The van der Waals surface area contributed by atoms with Crippen LogP contribution >= 0.6 is 0 Å². The molecule has 0 aliphatic heterocycles. The smallest absolute Gasteiger partial charge is 0.0870 e. The van der Waals surface area contributed by atoms with Gasteiger partial charge < -0.3 is 0 Å². The average Bonchev–Trinajstić information content (AvgIpc) is 2.89. The normalized spacial score (nSPS) is 30.6. The van der Waals surface area contributed by atoms with Crippen molar-refractivity contribution in [3.63, 3.8) is 0 Å². The summed E-state index contributed by atoms with van der Waals surface area (Å²) in [4.78, 5) is 2.57. The Kier molecular flexibility index (Phi) is 4.86. The van der Waals surface area contributed by atoms with Gasteiger partial charge in [-0.2, -0.15) is 5.26 Å². The van der Waals surface area contributed by atoms with Gasteiger partial charge in [0.1, 0.15) is 0 Å². The molecule has 0 N–H and O–H groups in total. The van der Waals surface area contributed by atoms with Crippen LogP contribution in [0.5, 0.6) is 0 Å². The maximum atomic E-state index is 9.09. The summed E-state index contributed by atoms with van der Waals surface area (Å²) in [6.07, 6.45) is 12.2. The number of nitriles is 1. The molecule has 2 fully saturated rings. The highest BCUT2D eigenvalue weighted by Gasteiger charge is 2.33. The van der Waals surface area contributed by atoms with Gasteiger partial charge in [-0.15, -0.1) is 0 Å². The van der Waals surface area contributed by atoms with Crippen molar-refractivity contribution in [2.75, 3.05) is 6.54 Å². The topological polar surface area (TPSA) is 27.0 Å². The molecule has 2 unspecified atom stereocenters. The summed E-state index contributed by atoms with van der Waals surface area (Å²) in [7, 11) is 0. The lowest BCUT2D eigenvalue weighted by Gasteiger charge is -2.41. The third-order valence-electron chi connectivity index (χ3n) is 4.87. The fourth-order valence-electron chi connectivity index (χ4n) is 3.94. The van der Waals surface area contributed by atoms with Crippen molar-refractivity contribution < 1.29 is 0 Å². The molecule has 96 valence electrons. The average molecular weight is 234 g/mol. The molecule has 0 spiro atoms. The molecule has 0 aromatic carbocycles. The molecule has 0 amide bonds. The standard InChI is InChI=1S/C15H26N2/c1-2-13-7-3-6-10-15(13)17(12-11-16)14-8-4-5-9-14/h13-15H,2-10,12H2,1H3. The number of nitrogens with zero attached hydrogens (tertiary/aromatic N) is 2. The molecule has 2 rings (SSSR count). The largest absolute Gasteiger partial charge is 0.284 e. The molecule has 0 radical (unpaired) electrons. The van der Waals surface area contributed by atoms with Gasteiger partial charge in [0.25, 0.3) is 0 Å². The van der Waals surface area contributed by atoms with Gasteiger partial charge in [-0.1, -0.05) is 39.0 Å². The zero-order valence-electron chi connectivity index (χ0n) is 11.2. The molecule has 17 heavy (non-hydrogen) atoms. The minimum Gasteiger partial charge on any atom is -0.284 e. The molecule has 0 saturated heterocycles. The van der Waals surface area contributed by atoms with Crippen molar-refractivity contribution in [3.8, 4) is 6.07 Å². The van der Waals surface area contributed by atoms with E-state index in [0.29, 0.717) is 18.6 Å². The predicted octanol–water partition coefficient (Wildman–Crippen LogP) is 3.72. The van der Waals surface area contributed by atoms with Gasteiger partial charge in [0.2, 0.25) is 0 Å². The van der Waals surface area contributed by atoms with Gasteiger partial charge in [-0.3, -0.25) is 4.90 Å². The maximum absolute atomic E-state index is 9.09. The summed E-state index contributed by atoms with van der Waals surface area (Å²) >= 11 is 0. The third-order valence-corrected chi connectivity index (χ3v) is 4.87. The summed E-state index contributed by atoms with van der Waals surface area (Å²) < 4.78 is 0. The zero-order chi connectivity index (χ0) is 12.1. The van der Waals surface area contributed by atoms with E-state index in [2.05, 4.69) is 17.9 Å². The second-order valence-electron chi connectivity index (χ2n) is 5.79. The van der Waals surface area contributed by atoms with Crippen molar-refractivity contribution in [1.29, 1.82) is 5.26 Å². The monoisotopic (exact) mass is 234 g/mol. The fourth-order valence-corrected chi connectivity index (χ4v) is 3.94. The van der Waals surface area contributed by atoms with Gasteiger partial charge in [0.05, 0.1) is 12.6 Å². The summed E-state index contributed by atoms with van der Waals surface area (Å²) in [6, 6.07) is 3.83. The van der Waals surface area contributed by atoms with Gasteiger partial charge in [-0.05, 0) is 31.6 Å². The van der Waals surface area contributed by atoms with Crippen LogP contribution in [0.15, 0.2) is 0 Å². The molecule has 0 heterocycles. The molecule has 2 aliphatic rings. The maximum Gasteiger partial charge on any atom is 0.0870 e. The van der Waals surface area contributed by atoms with E-state index in [4.69, 9.17) is 5.26 Å². The summed E-state index contributed by atoms with van der Waals surface area (Å²) in [6.45, 7) is 2.98. The van der Waals surface area contributed by atoms with E-state index < -0.39 is 0 Å². The van der Waals surface area contributed by atoms with Crippen LogP contribution < -0.4 is 0 Å². The van der Waals surface area contributed by atoms with Crippen LogP contribution in [-0.4, -0.2) is 23.5 Å². The van der Waals surface area contributed by atoms with Crippen LogP contribution in [0.4, 0.5) is 0 Å². The molecule has 2 heteroatoms. The first-order valence-electron chi connectivity index (χ1n) is 7.49. The first-order chi connectivity index (χ1) is 8.36. The molecule has 2 nitrogen and oxygen atoms in total. The van der Waals surface area contributed by atoms with E-state index in [1.165, 1.54) is 57.8 Å². The SMILES string of the molecule is CCC1CCCCC1N(CC#N)C1CCCC1. The lowest BCUT2D eigenvalue weighted by Crippen LogP contribution is -2.47. The van der Waals surface area contributed by atoms with E-state index in [0.717, 1.165) is 5.92 Å². The second-order valence-corrected chi connectivity index (χ2v) is 5.79. The molecule has 2 saturated carbocycles. The summed E-state index contributed by atoms with van der Waals surface area (Å²) in [5.41, 5.74) is 0. The Morgan fingerprint density at radius 3 is 2.35 bits per heavy atom. The van der Waals surface area contributed by atoms with Crippen molar-refractivity contribution >= 4 is 0 Å². The Labute approximate surface area is 106 Å². The lowest BCUT2D eigenvalue weighted by atomic mass is 9.81. The molecule has 0 bridgehead atoms. The van der Waals surface area contributed by atoms with Crippen LogP contribution in [0.1, 0.15) is 64.7 Å². The van der Waals surface area contributed by atoms with Gasteiger partial charge in [0, 0.05) is 12.1 Å². The van der Waals surface area contributed by atoms with Gasteiger partial charge in [0.15, 0.2) is 0 Å². The van der Waals surface area contributed by atoms with Crippen molar-refractivity contribution in [2.45, 2.75) is 76.8 Å². The van der Waals surface area contributed by atoms with Crippen molar-refractivity contribution in [2.24, 2.45) is 5.92 Å². The van der Waals surface area contributed by atoms with Gasteiger partial charge in [-0.25, -0.2) is 0 Å². The van der Waals surface area contributed by atoms with Crippen LogP contribution in [0, 0.1) is 17.2 Å². The lowest BCUT2D eigenvalue weighted by molar-refractivity contribution is 0.0754. The highest BCUT2D eigenvalue weighted by atomic mass is 15.2. The van der Waals surface area contributed by atoms with Crippen molar-refractivity contribution in [1.82, 2.24) is 4.90 Å². The highest BCUT2D eigenvalue weighted by Crippen LogP contribution is 2.35. The van der Waals surface area contributed by atoms with Crippen molar-refractivity contribution in [3.05, 3.63) is 0 Å². The van der Waals surface area contributed by atoms with Crippen LogP contribution in [0.2, 0.25) is 0 Å². The minimum atomic E-state index is 0.659. The Morgan fingerprint density at radius 1 is 1.06 bits per heavy atom. The van der Waals surface area contributed by atoms with E-state index in [9.17, 15) is 0 Å². The number of hydrogen-bond acceptors (Lipinski definition) is 2. The fraction of sp³-hybridized carbons (Fsp3) is 0.933. The van der Waals surface area contributed by atoms with E-state index in [-0.39, 0.29) is 0 Å². The molecule has 2 aliphatic carbocycles. The second kappa shape index (κ2) is 6.40. The minimum absolute atomic E-state index is 0.659. The van der Waals surface area contributed by atoms with E-state index in [1.807, 2.05) is 0 Å². The Balaban J connectivity index is 2.04. The molecular weight excluding hydrogens is 208 g/mol. The summed E-state index contributed by atoms with van der Waals surface area (Å²) in [5.74, 6) is 0.845. The Bertz CT molecular complexity index is 263. The number of rotatable bonds is 4. The zero-order valence-corrected chi connectivity index (χ0v) is 11.2. The van der Waals surface area contributed by atoms with Gasteiger partial charge >= 0.3 is 0 Å². The highest BCUT2D eigenvalue weighted by molar-refractivity contribution is 4.92. The van der Waals surface area contributed by atoms with Crippen LogP contribution in [-0.2, 0) is 0 Å². The first-order valence-corrected chi connectivity index (χ1v) is 7.49. The molecule has 0 aromatic rings. The molecule has 0 aromatic heterocycles. The quantitative estimate of drug-likeness (QED) is 0.693. The predicted molar refractivity (Wildman–Crippen MR) is 70.6 cm³/mol. The molecular formula is C15H26N2. The summed E-state index contributed by atoms with van der Waals surface area (Å²) in [5, 5.41) is 9.09. The number of hydrogen-bond donors (Lipinski definition) is 0. The van der Waals surface area contributed by atoms with E-state index >= 15 is 0 Å².